The Bertz CT molecular complexity index is 2420. The summed E-state index contributed by atoms with van der Waals surface area (Å²) < 4.78 is 22.4. The van der Waals surface area contributed by atoms with Gasteiger partial charge in [0.15, 0.2) is 5.52 Å². The lowest BCUT2D eigenvalue weighted by Crippen LogP contribution is -2.44. The van der Waals surface area contributed by atoms with Gasteiger partial charge in [0.1, 0.15) is 23.7 Å². The third-order valence-electron chi connectivity index (χ3n) is 11.7. The molecular formula is C39H44FN9O5. The van der Waals surface area contributed by atoms with Gasteiger partial charge in [0.2, 0.25) is 11.8 Å². The number of alkyl halides is 1. The first-order valence-corrected chi connectivity index (χ1v) is 18.7. The summed E-state index contributed by atoms with van der Waals surface area (Å²) in [6.07, 6.45) is 5.44. The van der Waals surface area contributed by atoms with Gasteiger partial charge in [0.25, 0.3) is 11.5 Å². The van der Waals surface area contributed by atoms with Gasteiger partial charge in [-0.1, -0.05) is 18.2 Å². The number of carbonyl (C=O) groups is 3. The van der Waals surface area contributed by atoms with Gasteiger partial charge in [-0.05, 0) is 87.7 Å². The van der Waals surface area contributed by atoms with Gasteiger partial charge in [-0.3, -0.25) is 42.9 Å². The molecule has 2 saturated heterocycles. The minimum Gasteiger partial charge on any atom is -0.307 e. The van der Waals surface area contributed by atoms with Crippen LogP contribution in [0.5, 0.6) is 0 Å². The molecule has 1 unspecified atom stereocenters. The first-order chi connectivity index (χ1) is 26.0. The minimum absolute atomic E-state index is 0.132. The van der Waals surface area contributed by atoms with Crippen molar-refractivity contribution in [2.75, 3.05) is 25.0 Å². The quantitative estimate of drug-likeness (QED) is 0.238. The van der Waals surface area contributed by atoms with Gasteiger partial charge < -0.3 is 10.2 Å². The zero-order valence-electron chi connectivity index (χ0n) is 30.6. The van der Waals surface area contributed by atoms with Crippen molar-refractivity contribution in [3.8, 4) is 0 Å². The number of aryl methyl sites for hydroxylation is 2. The average Bonchev–Trinajstić information content (AvgIpc) is 3.69. The SMILES string of the molecule is Cc1cccc(C(=O)Nc2cc3cn(C4CCC(CN5CC[C@@H](c6cccc7c6n(C)c(=O)n7C6CCC(=O)NC6=O)[C@H](F)C5)CC4)nc3c(=O)n2C)n1. The number of rotatable bonds is 7. The maximum Gasteiger partial charge on any atom is 0.329 e. The minimum atomic E-state index is -1.13. The van der Waals surface area contributed by atoms with Crippen molar-refractivity contribution in [2.24, 2.45) is 20.0 Å². The molecule has 0 bridgehead atoms. The molecule has 0 radical (unpaired) electrons. The Kier molecular flexibility index (Phi) is 9.28. The molecule has 3 aliphatic rings. The Hall–Kier alpha value is -5.44. The molecule has 2 aliphatic heterocycles. The molecule has 3 amide bonds. The van der Waals surface area contributed by atoms with E-state index in [1.165, 1.54) is 13.7 Å². The number of fused-ring (bicyclic) bond motifs is 2. The number of benzene rings is 1. The lowest BCUT2D eigenvalue weighted by molar-refractivity contribution is -0.135. The summed E-state index contributed by atoms with van der Waals surface area (Å²) in [5, 5.41) is 10.5. The fourth-order valence-corrected chi connectivity index (χ4v) is 8.79. The number of piperidine rings is 2. The van der Waals surface area contributed by atoms with Crippen LogP contribution in [-0.2, 0) is 23.7 Å². The van der Waals surface area contributed by atoms with Crippen LogP contribution in [0.1, 0.15) is 84.7 Å². The molecule has 6 heterocycles. The second-order valence-electron chi connectivity index (χ2n) is 15.2. The van der Waals surface area contributed by atoms with Crippen molar-refractivity contribution in [1.29, 1.82) is 0 Å². The maximum atomic E-state index is 16.1. The lowest BCUT2D eigenvalue weighted by Gasteiger charge is -2.38. The molecular weight excluding hydrogens is 693 g/mol. The number of hydrogen-bond donors (Lipinski definition) is 2. The standard InChI is InChI=1S/C39H44FN9O5/c1-22-6-4-8-29(41-22)36(51)42-32-18-24-20-48(44-34(24)38(53)45(32)2)25-12-10-23(11-13-25)19-47-17-16-26(28(40)21-47)27-7-5-9-30-35(27)46(3)39(54)49(30)31-14-15-33(50)43-37(31)52/h4-9,18,20,23,25-26,28,31H,10-17,19,21H2,1-3H3,(H,42,51)(H,43,50,52)/t23?,25?,26-,28+,31?/m0/s1. The van der Waals surface area contributed by atoms with Crippen LogP contribution < -0.4 is 21.9 Å². The van der Waals surface area contributed by atoms with Crippen molar-refractivity contribution in [3.05, 3.63) is 86.5 Å². The number of para-hydroxylation sites is 1. The molecule has 2 N–H and O–H groups in total. The topological polar surface area (TPSA) is 158 Å². The van der Waals surface area contributed by atoms with E-state index in [2.05, 4.69) is 25.6 Å². The number of anilines is 1. The van der Waals surface area contributed by atoms with Crippen molar-refractivity contribution < 1.29 is 18.8 Å². The fraction of sp³-hybridized carbons (Fsp3) is 0.462. The first-order valence-electron chi connectivity index (χ1n) is 18.7. The van der Waals surface area contributed by atoms with Gasteiger partial charge in [0, 0.05) is 56.8 Å². The van der Waals surface area contributed by atoms with Gasteiger partial charge in [-0.15, -0.1) is 0 Å². The van der Waals surface area contributed by atoms with Crippen molar-refractivity contribution in [1.82, 2.24) is 38.7 Å². The molecule has 1 aliphatic carbocycles. The van der Waals surface area contributed by atoms with Crippen LogP contribution in [0.15, 0.2) is 58.3 Å². The number of nitrogens with one attached hydrogen (secondary N) is 2. The van der Waals surface area contributed by atoms with E-state index in [-0.39, 0.29) is 41.7 Å². The van der Waals surface area contributed by atoms with E-state index >= 15 is 4.39 Å². The Morgan fingerprint density at radius 1 is 0.981 bits per heavy atom. The summed E-state index contributed by atoms with van der Waals surface area (Å²) in [5.74, 6) is -0.848. The summed E-state index contributed by atoms with van der Waals surface area (Å²) in [7, 11) is 3.27. The monoisotopic (exact) mass is 737 g/mol. The van der Waals surface area contributed by atoms with Crippen LogP contribution in [0, 0.1) is 12.8 Å². The average molecular weight is 738 g/mol. The highest BCUT2D eigenvalue weighted by molar-refractivity contribution is 6.03. The van der Waals surface area contributed by atoms with E-state index in [9.17, 15) is 24.0 Å². The van der Waals surface area contributed by atoms with Crippen LogP contribution in [0.2, 0.25) is 0 Å². The van der Waals surface area contributed by atoms with Crippen LogP contribution in [0.3, 0.4) is 0 Å². The highest BCUT2D eigenvalue weighted by Gasteiger charge is 2.36. The number of aromatic nitrogens is 6. The highest BCUT2D eigenvalue weighted by atomic mass is 19.1. The molecule has 282 valence electrons. The first kappa shape index (κ1) is 35.6. The molecule has 0 spiro atoms. The summed E-state index contributed by atoms with van der Waals surface area (Å²) in [6, 6.07) is 11.8. The number of amides is 3. The van der Waals surface area contributed by atoms with Crippen molar-refractivity contribution in [2.45, 2.75) is 76.0 Å². The third-order valence-corrected chi connectivity index (χ3v) is 11.7. The van der Waals surface area contributed by atoms with E-state index in [1.807, 2.05) is 36.0 Å². The molecule has 54 heavy (non-hydrogen) atoms. The molecule has 3 atom stereocenters. The number of nitrogens with zero attached hydrogens (tertiary/aromatic N) is 7. The zero-order chi connectivity index (χ0) is 37.8. The fourth-order valence-electron chi connectivity index (χ4n) is 8.79. The number of pyridine rings is 2. The third kappa shape index (κ3) is 6.43. The summed E-state index contributed by atoms with van der Waals surface area (Å²) >= 11 is 0. The van der Waals surface area contributed by atoms with Crippen LogP contribution in [0.4, 0.5) is 10.2 Å². The van der Waals surface area contributed by atoms with Gasteiger partial charge in [0.05, 0.1) is 17.1 Å². The highest BCUT2D eigenvalue weighted by Crippen LogP contribution is 2.38. The van der Waals surface area contributed by atoms with Crippen LogP contribution >= 0.6 is 0 Å². The predicted molar refractivity (Wildman–Crippen MR) is 200 cm³/mol. The molecule has 14 nitrogen and oxygen atoms in total. The van der Waals surface area contributed by atoms with Gasteiger partial charge in [-0.2, -0.15) is 5.10 Å². The molecule has 1 aromatic carbocycles. The zero-order valence-corrected chi connectivity index (χ0v) is 30.6. The largest absolute Gasteiger partial charge is 0.329 e. The summed E-state index contributed by atoms with van der Waals surface area (Å²) in [4.78, 5) is 70.5. The summed E-state index contributed by atoms with van der Waals surface area (Å²) in [6.45, 7) is 3.65. The number of imide groups is 1. The number of imidazole rings is 1. The van der Waals surface area contributed by atoms with Crippen molar-refractivity contribution >= 4 is 45.5 Å². The van der Waals surface area contributed by atoms with Gasteiger partial charge >= 0.3 is 5.69 Å². The second kappa shape index (κ2) is 14.1. The number of likely N-dealkylation sites (tertiary alicyclic amines) is 1. The van der Waals surface area contributed by atoms with Crippen LogP contribution in [0.25, 0.3) is 21.9 Å². The normalized spacial score (nSPS) is 23.9. The Labute approximate surface area is 309 Å². The number of halogens is 1. The Morgan fingerprint density at radius 2 is 1.76 bits per heavy atom. The molecule has 8 rings (SSSR count). The van der Waals surface area contributed by atoms with E-state index < -0.39 is 29.9 Å². The van der Waals surface area contributed by atoms with Crippen LogP contribution in [-0.4, -0.2) is 76.9 Å². The summed E-state index contributed by atoms with van der Waals surface area (Å²) in [5.41, 5.74) is 2.68. The van der Waals surface area contributed by atoms with Gasteiger partial charge in [-0.25, -0.2) is 14.2 Å². The lowest BCUT2D eigenvalue weighted by atomic mass is 9.83. The Balaban J connectivity index is 0.902. The second-order valence-corrected chi connectivity index (χ2v) is 15.2. The van der Waals surface area contributed by atoms with E-state index in [4.69, 9.17) is 0 Å². The number of carbonyl (C=O) groups excluding carboxylic acids is 3. The van der Waals surface area contributed by atoms with Crippen molar-refractivity contribution in [3.63, 3.8) is 0 Å². The molecule has 5 aromatic rings. The maximum absolute atomic E-state index is 16.1. The Morgan fingerprint density at radius 3 is 2.50 bits per heavy atom. The molecule has 3 fully saturated rings. The van der Waals surface area contributed by atoms with E-state index in [1.54, 1.807) is 38.4 Å². The molecule has 1 saturated carbocycles. The molecule has 4 aromatic heterocycles. The van der Waals surface area contributed by atoms with E-state index in [0.717, 1.165) is 50.0 Å². The number of hydrogen-bond acceptors (Lipinski definition) is 8. The predicted octanol–water partition coefficient (Wildman–Crippen LogP) is 3.88. The smallest absolute Gasteiger partial charge is 0.307 e. The molecule has 15 heteroatoms. The van der Waals surface area contributed by atoms with E-state index in [0.29, 0.717) is 46.6 Å².